The van der Waals surface area contributed by atoms with Gasteiger partial charge in [-0.3, -0.25) is 19.4 Å². The monoisotopic (exact) mass is 962 g/mol. The number of morpholine rings is 2. The van der Waals surface area contributed by atoms with Gasteiger partial charge in [-0.15, -0.1) is 0 Å². The van der Waals surface area contributed by atoms with Crippen LogP contribution in [0.25, 0.3) is 5.57 Å². The second kappa shape index (κ2) is 21.1. The van der Waals surface area contributed by atoms with Gasteiger partial charge in [-0.25, -0.2) is 9.78 Å². The third-order valence-electron chi connectivity index (χ3n) is 17.6. The van der Waals surface area contributed by atoms with E-state index in [1.165, 1.54) is 54.5 Å². The third-order valence-corrected chi connectivity index (χ3v) is 17.6. The van der Waals surface area contributed by atoms with E-state index in [1.54, 1.807) is 10.5 Å². The number of hydrogen-bond acceptors (Lipinski definition) is 9. The van der Waals surface area contributed by atoms with E-state index in [-0.39, 0.29) is 60.0 Å². The number of rotatable bonds is 12. The number of hydrogen-bond donors (Lipinski definition) is 2. The number of ether oxygens (including phenoxy) is 2. The highest BCUT2D eigenvalue weighted by Gasteiger charge is 2.44. The number of anilines is 1. The predicted octanol–water partition coefficient (Wildman–Crippen LogP) is 7.27. The normalized spacial score (nSPS) is 24.9. The molecule has 70 heavy (non-hydrogen) atoms. The van der Waals surface area contributed by atoms with Gasteiger partial charge in [0, 0.05) is 107 Å². The summed E-state index contributed by atoms with van der Waals surface area (Å²) in [6, 6.07) is 3.84. The number of nitrogens with zero attached hydrogens (tertiary/aromatic N) is 7. The van der Waals surface area contributed by atoms with Crippen molar-refractivity contribution in [1.29, 1.82) is 0 Å². The van der Waals surface area contributed by atoms with Crippen molar-refractivity contribution in [3.05, 3.63) is 52.7 Å². The molecule has 0 bridgehead atoms. The van der Waals surface area contributed by atoms with Crippen molar-refractivity contribution in [1.82, 2.24) is 34.9 Å². The first-order chi connectivity index (χ1) is 34.0. The van der Waals surface area contributed by atoms with E-state index in [2.05, 4.69) is 52.3 Å². The van der Waals surface area contributed by atoms with Crippen LogP contribution in [0.15, 0.2) is 29.5 Å². The molecule has 6 fully saturated rings. The van der Waals surface area contributed by atoms with E-state index in [1.807, 2.05) is 29.8 Å². The standard InChI is InChI=1S/C55H79N9O6/c1-36(2)41(31-49(65)61-22-26-69-27-23-61)52(66)63-18-8-10-47(63)44-30-39(34-56-44)40-12-13-46(43-33-55(32-42(40)43)16-6-5-7-17-55)60-20-14-38(15-21-60)45-35-57-51(58-45)48-11-9-19-64(48)53(67)50(37(3)4)59-54(68)62-24-28-70-29-25-62/h12-13,34-38,41,47-48,50H,5-11,14-33H2,1-4H3,(H,57,58)(H,59,68)/t41-,47-,48-,50-/m0/s1. The van der Waals surface area contributed by atoms with E-state index in [0.29, 0.717) is 70.5 Å². The molecule has 1 aromatic heterocycles. The van der Waals surface area contributed by atoms with Crippen molar-refractivity contribution >= 4 is 40.7 Å². The minimum atomic E-state index is -0.604. The highest BCUT2D eigenvalue weighted by atomic mass is 16.5. The van der Waals surface area contributed by atoms with Gasteiger partial charge in [0.2, 0.25) is 17.7 Å². The molecular weight excluding hydrogens is 883 g/mol. The van der Waals surface area contributed by atoms with Crippen LogP contribution >= 0.6 is 0 Å². The fourth-order valence-electron chi connectivity index (χ4n) is 13.4. The van der Waals surface area contributed by atoms with E-state index >= 15 is 0 Å². The minimum Gasteiger partial charge on any atom is -0.378 e. The van der Waals surface area contributed by atoms with Crippen molar-refractivity contribution in [2.75, 3.05) is 83.7 Å². The molecule has 2 aromatic rings. The Labute approximate surface area is 415 Å². The van der Waals surface area contributed by atoms with E-state index < -0.39 is 6.04 Å². The molecule has 10 rings (SSSR count). The zero-order chi connectivity index (χ0) is 48.5. The van der Waals surface area contributed by atoms with Crippen LogP contribution in [-0.4, -0.2) is 150 Å². The zero-order valence-electron chi connectivity index (χ0n) is 42.5. The van der Waals surface area contributed by atoms with Crippen molar-refractivity contribution < 1.29 is 28.7 Å². The molecular formula is C55H79N9O6. The number of carbonyl (C=O) groups is 4. The van der Waals surface area contributed by atoms with Crippen LogP contribution in [0, 0.1) is 23.2 Å². The number of aromatic nitrogens is 2. The molecule has 15 heteroatoms. The Bertz CT molecular complexity index is 2300. The summed E-state index contributed by atoms with van der Waals surface area (Å²) in [7, 11) is 0. The van der Waals surface area contributed by atoms with Crippen LogP contribution in [0.3, 0.4) is 0 Å². The Morgan fingerprint density at radius 2 is 1.40 bits per heavy atom. The second-order valence-electron chi connectivity index (χ2n) is 22.6. The lowest BCUT2D eigenvalue weighted by Crippen LogP contribution is -2.55. The summed E-state index contributed by atoms with van der Waals surface area (Å²) in [6.07, 6.45) is 19.6. The summed E-state index contributed by atoms with van der Waals surface area (Å²) in [6.45, 7) is 15.9. The topological polar surface area (TPSA) is 156 Å². The van der Waals surface area contributed by atoms with E-state index in [0.717, 1.165) is 94.7 Å². The van der Waals surface area contributed by atoms with Crippen molar-refractivity contribution in [3.63, 3.8) is 0 Å². The average Bonchev–Trinajstić information content (AvgIpc) is 4.25. The number of allylic oxidation sites excluding steroid dienone is 1. The number of urea groups is 1. The number of amides is 5. The van der Waals surface area contributed by atoms with Gasteiger partial charge >= 0.3 is 6.03 Å². The lowest BCUT2D eigenvalue weighted by molar-refractivity contribution is -0.144. The Kier molecular flexibility index (Phi) is 14.8. The summed E-state index contributed by atoms with van der Waals surface area (Å²) in [5.41, 5.74) is 9.69. The first-order valence-electron chi connectivity index (χ1n) is 27.3. The molecule has 4 atom stereocenters. The van der Waals surface area contributed by atoms with Crippen LogP contribution < -0.4 is 10.2 Å². The highest BCUT2D eigenvalue weighted by molar-refractivity contribution is 6.04. The number of nitrogens with one attached hydrogen (secondary N) is 2. The molecule has 2 aliphatic carbocycles. The molecule has 1 aromatic carbocycles. The molecule has 7 heterocycles. The van der Waals surface area contributed by atoms with Crippen LogP contribution in [0.4, 0.5) is 10.5 Å². The lowest BCUT2D eigenvalue weighted by atomic mass is 9.72. The van der Waals surface area contributed by atoms with Gasteiger partial charge in [0.15, 0.2) is 0 Å². The number of piperidine rings is 1. The molecule has 1 spiro atoms. The number of carbonyl (C=O) groups excluding carboxylic acids is 4. The quantitative estimate of drug-likeness (QED) is 0.225. The maximum Gasteiger partial charge on any atom is 0.318 e. The Balaban J connectivity index is 0.797. The largest absolute Gasteiger partial charge is 0.378 e. The summed E-state index contributed by atoms with van der Waals surface area (Å²) in [5, 5.41) is 3.07. The number of aliphatic imine (C=N–C) groups is 1. The number of aromatic amines is 1. The third kappa shape index (κ3) is 10.0. The molecule has 5 saturated heterocycles. The number of H-pyrrole nitrogens is 1. The molecule has 1 saturated carbocycles. The van der Waals surface area contributed by atoms with Gasteiger partial charge < -0.3 is 44.3 Å². The molecule has 0 unspecified atom stereocenters. The number of fused-ring (bicyclic) bond motifs is 1. The maximum atomic E-state index is 14.4. The Morgan fingerprint density at radius 3 is 2.09 bits per heavy atom. The van der Waals surface area contributed by atoms with Crippen molar-refractivity contribution in [2.24, 2.45) is 28.2 Å². The number of likely N-dealkylation sites (tertiary alicyclic amines) is 2. The summed E-state index contributed by atoms with van der Waals surface area (Å²) in [5.74, 6) is 1.01. The first kappa shape index (κ1) is 48.8. The van der Waals surface area contributed by atoms with Gasteiger partial charge in [0.25, 0.3) is 0 Å². The van der Waals surface area contributed by atoms with Gasteiger partial charge in [-0.1, -0.05) is 53.0 Å². The van der Waals surface area contributed by atoms with Gasteiger partial charge in [0.1, 0.15) is 11.9 Å². The molecule has 8 aliphatic rings. The lowest BCUT2D eigenvalue weighted by Gasteiger charge is -2.36. The van der Waals surface area contributed by atoms with Crippen molar-refractivity contribution in [2.45, 2.75) is 148 Å². The Hall–Kier alpha value is -4.76. The highest BCUT2D eigenvalue weighted by Crippen LogP contribution is 2.52. The van der Waals surface area contributed by atoms with Crippen LogP contribution in [0.1, 0.15) is 151 Å². The summed E-state index contributed by atoms with van der Waals surface area (Å²) in [4.78, 5) is 79.1. The molecule has 5 amide bonds. The SMILES string of the molecule is CC(C)[C@H](CC(=O)N1CCOCC1)C(=O)N1CCC[C@H]1C1=NC=C(c2ccc(N3CCC(c4cnc([C@@H]5CCCN5C(=O)[C@@H](NC(=O)N5CCOCC5)C(C)C)[nH]4)CC3)c3c2CC2(CCCCC2)C3)C1. The van der Waals surface area contributed by atoms with Gasteiger partial charge in [-0.2, -0.15) is 0 Å². The van der Waals surface area contributed by atoms with Gasteiger partial charge in [-0.05, 0) is 110 Å². The van der Waals surface area contributed by atoms with E-state index in [4.69, 9.17) is 19.5 Å². The molecule has 380 valence electrons. The maximum absolute atomic E-state index is 14.4. The van der Waals surface area contributed by atoms with Gasteiger partial charge in [0.05, 0.1) is 38.5 Å². The molecule has 2 N–H and O–H groups in total. The zero-order valence-corrected chi connectivity index (χ0v) is 42.5. The summed E-state index contributed by atoms with van der Waals surface area (Å²) < 4.78 is 10.9. The predicted molar refractivity (Wildman–Crippen MR) is 270 cm³/mol. The first-order valence-corrected chi connectivity index (χ1v) is 27.3. The minimum absolute atomic E-state index is 0.0259. The molecule has 15 nitrogen and oxygen atoms in total. The summed E-state index contributed by atoms with van der Waals surface area (Å²) >= 11 is 0. The van der Waals surface area contributed by atoms with Crippen LogP contribution in [-0.2, 0) is 36.7 Å². The fourth-order valence-corrected chi connectivity index (χ4v) is 13.4. The van der Waals surface area contributed by atoms with Crippen molar-refractivity contribution in [3.8, 4) is 0 Å². The smallest absolute Gasteiger partial charge is 0.318 e. The average molecular weight is 962 g/mol. The van der Waals surface area contributed by atoms with E-state index in [9.17, 15) is 19.2 Å². The van der Waals surface area contributed by atoms with Crippen LogP contribution in [0.5, 0.6) is 0 Å². The molecule has 0 radical (unpaired) electrons. The number of imidazole rings is 1. The fraction of sp³-hybridized carbons (Fsp3) is 0.709. The molecule has 6 aliphatic heterocycles. The number of benzene rings is 1. The van der Waals surface area contributed by atoms with Crippen LogP contribution in [0.2, 0.25) is 0 Å². The Morgan fingerprint density at radius 1 is 0.743 bits per heavy atom. The second-order valence-corrected chi connectivity index (χ2v) is 22.6.